The topological polar surface area (TPSA) is 75.0 Å². The largest absolute Gasteiger partial charge is 0.360 e. The van der Waals surface area contributed by atoms with E-state index in [-0.39, 0.29) is 5.91 Å². The summed E-state index contributed by atoms with van der Waals surface area (Å²) < 4.78 is 6.32. The monoisotopic (exact) mass is 462 g/mol. The summed E-state index contributed by atoms with van der Waals surface area (Å²) in [5.41, 5.74) is 5.22. The summed E-state index contributed by atoms with van der Waals surface area (Å²) in [5.74, 6) is 0.479. The molecule has 1 amide bonds. The number of hydrogen-bond acceptors (Lipinski definition) is 4. The highest BCUT2D eigenvalue weighted by Gasteiger charge is 2.27. The quantitative estimate of drug-likeness (QED) is 0.452. The van der Waals surface area contributed by atoms with Gasteiger partial charge in [0.1, 0.15) is 22.7 Å². The van der Waals surface area contributed by atoms with Crippen LogP contribution in [0.25, 0.3) is 27.9 Å². The van der Waals surface area contributed by atoms with E-state index in [4.69, 9.17) is 4.52 Å². The van der Waals surface area contributed by atoms with E-state index in [0.29, 0.717) is 30.1 Å². The van der Waals surface area contributed by atoms with E-state index in [1.807, 2.05) is 41.4 Å². The molecule has 3 aromatic heterocycles. The highest BCUT2D eigenvalue weighted by atomic mass is 79.9. The van der Waals surface area contributed by atoms with Gasteiger partial charge in [-0.25, -0.2) is 4.98 Å². The van der Waals surface area contributed by atoms with Gasteiger partial charge in [0, 0.05) is 46.5 Å². The van der Waals surface area contributed by atoms with Crippen LogP contribution in [0, 0.1) is 6.92 Å². The number of benzene rings is 1. The van der Waals surface area contributed by atoms with E-state index in [2.05, 4.69) is 43.2 Å². The lowest BCUT2D eigenvalue weighted by Crippen LogP contribution is -2.35. The van der Waals surface area contributed by atoms with Gasteiger partial charge < -0.3 is 14.4 Å². The molecule has 0 radical (unpaired) electrons. The van der Waals surface area contributed by atoms with Gasteiger partial charge in [-0.05, 0) is 43.2 Å². The Labute approximate surface area is 181 Å². The molecule has 0 saturated carbocycles. The molecule has 7 heteroatoms. The van der Waals surface area contributed by atoms with Crippen molar-refractivity contribution in [1.82, 2.24) is 20.0 Å². The minimum atomic E-state index is -0.0559. The average molecular weight is 463 g/mol. The molecule has 0 saturated heterocycles. The Kier molecular flexibility index (Phi) is 4.75. The minimum Gasteiger partial charge on any atom is -0.360 e. The summed E-state index contributed by atoms with van der Waals surface area (Å²) in [6.45, 7) is 2.97. The Balaban J connectivity index is 1.42. The first kappa shape index (κ1) is 18.8. The zero-order chi connectivity index (χ0) is 20.7. The second-order valence-corrected chi connectivity index (χ2v) is 8.22. The fraction of sp³-hybridized carbons (Fsp3) is 0.174. The number of fused-ring (bicyclic) bond motifs is 1. The van der Waals surface area contributed by atoms with Crippen LogP contribution in [0.5, 0.6) is 0 Å². The van der Waals surface area contributed by atoms with Gasteiger partial charge in [-0.3, -0.25) is 4.79 Å². The number of H-pyrrole nitrogens is 1. The average Bonchev–Trinajstić information content (AvgIpc) is 3.37. The lowest BCUT2D eigenvalue weighted by molar-refractivity contribution is 0.0772. The van der Waals surface area contributed by atoms with Gasteiger partial charge in [0.05, 0.1) is 0 Å². The molecule has 6 nitrogen and oxygen atoms in total. The molecule has 0 unspecified atom stereocenters. The molecule has 1 aliphatic heterocycles. The molecule has 0 aliphatic carbocycles. The van der Waals surface area contributed by atoms with E-state index in [9.17, 15) is 4.79 Å². The van der Waals surface area contributed by atoms with Gasteiger partial charge in [-0.2, -0.15) is 0 Å². The highest BCUT2D eigenvalue weighted by Crippen LogP contribution is 2.31. The fourth-order valence-electron chi connectivity index (χ4n) is 3.93. The van der Waals surface area contributed by atoms with Crippen molar-refractivity contribution in [3.05, 3.63) is 76.2 Å². The molecule has 1 aromatic carbocycles. The van der Waals surface area contributed by atoms with E-state index in [1.54, 1.807) is 13.1 Å². The van der Waals surface area contributed by atoms with E-state index in [1.165, 1.54) is 5.57 Å². The van der Waals surface area contributed by atoms with Crippen molar-refractivity contribution in [2.45, 2.75) is 13.3 Å². The van der Waals surface area contributed by atoms with Crippen LogP contribution in [0.2, 0.25) is 0 Å². The molecule has 1 aliphatic rings. The third-order valence-electron chi connectivity index (χ3n) is 5.47. The SMILES string of the molecule is Cc1onc(-c2cccc(Br)c2)c1C(=O)N1CC=C(c2c[nH]c3ncccc23)CC1. The molecule has 0 atom stereocenters. The van der Waals surface area contributed by atoms with Crippen LogP contribution in [-0.4, -0.2) is 39.0 Å². The van der Waals surface area contributed by atoms with Crippen molar-refractivity contribution in [1.29, 1.82) is 0 Å². The molecule has 5 rings (SSSR count). The molecule has 30 heavy (non-hydrogen) atoms. The number of hydrogen-bond donors (Lipinski definition) is 1. The molecule has 4 heterocycles. The second-order valence-electron chi connectivity index (χ2n) is 7.31. The number of amides is 1. The first-order chi connectivity index (χ1) is 14.6. The molecule has 150 valence electrons. The molecular weight excluding hydrogens is 444 g/mol. The minimum absolute atomic E-state index is 0.0559. The normalized spacial score (nSPS) is 14.2. The standard InChI is InChI=1S/C23H19BrN4O2/c1-14-20(21(27-30-14)16-4-2-5-17(24)12-16)23(29)28-10-7-15(8-11-28)19-13-26-22-18(19)6-3-9-25-22/h2-7,9,12-13H,8,10-11H2,1H3,(H,25,26). The number of aromatic amines is 1. The summed E-state index contributed by atoms with van der Waals surface area (Å²) in [6.07, 6.45) is 6.68. The van der Waals surface area contributed by atoms with E-state index < -0.39 is 0 Å². The predicted octanol–water partition coefficient (Wildman–Crippen LogP) is 5.22. The van der Waals surface area contributed by atoms with Crippen LogP contribution in [0.4, 0.5) is 0 Å². The van der Waals surface area contributed by atoms with Crippen molar-refractivity contribution in [2.75, 3.05) is 13.1 Å². The molecular formula is C23H19BrN4O2. The molecule has 4 aromatic rings. The third-order valence-corrected chi connectivity index (χ3v) is 5.96. The van der Waals surface area contributed by atoms with Crippen LogP contribution >= 0.6 is 15.9 Å². The van der Waals surface area contributed by atoms with Gasteiger partial charge in [0.25, 0.3) is 5.91 Å². The summed E-state index contributed by atoms with van der Waals surface area (Å²) in [5, 5.41) is 5.27. The van der Waals surface area contributed by atoms with Crippen LogP contribution in [-0.2, 0) is 0 Å². The first-order valence-electron chi connectivity index (χ1n) is 9.75. The van der Waals surface area contributed by atoms with Gasteiger partial charge in [-0.1, -0.05) is 39.3 Å². The van der Waals surface area contributed by atoms with E-state index in [0.717, 1.165) is 33.1 Å². The second kappa shape index (κ2) is 7.57. The van der Waals surface area contributed by atoms with Crippen molar-refractivity contribution in [2.24, 2.45) is 0 Å². The lowest BCUT2D eigenvalue weighted by Gasteiger charge is -2.26. The molecule has 0 fully saturated rings. The van der Waals surface area contributed by atoms with Crippen LogP contribution in [0.15, 0.2) is 63.9 Å². The smallest absolute Gasteiger partial charge is 0.260 e. The van der Waals surface area contributed by atoms with Crippen LogP contribution in [0.3, 0.4) is 0 Å². The number of carbonyl (C=O) groups excluding carboxylic acids is 1. The maximum absolute atomic E-state index is 13.3. The first-order valence-corrected chi connectivity index (χ1v) is 10.5. The third kappa shape index (κ3) is 3.25. The Morgan fingerprint density at radius 1 is 1.27 bits per heavy atom. The Morgan fingerprint density at radius 2 is 2.17 bits per heavy atom. The molecule has 0 bridgehead atoms. The zero-order valence-corrected chi connectivity index (χ0v) is 17.9. The highest BCUT2D eigenvalue weighted by molar-refractivity contribution is 9.10. The van der Waals surface area contributed by atoms with Gasteiger partial charge in [0.2, 0.25) is 0 Å². The van der Waals surface area contributed by atoms with Crippen LogP contribution < -0.4 is 0 Å². The summed E-state index contributed by atoms with van der Waals surface area (Å²) in [7, 11) is 0. The number of pyridine rings is 1. The Hall–Kier alpha value is -3.19. The van der Waals surface area contributed by atoms with Gasteiger partial charge in [0.15, 0.2) is 0 Å². The number of halogens is 1. The molecule has 0 spiro atoms. The predicted molar refractivity (Wildman–Crippen MR) is 119 cm³/mol. The number of aryl methyl sites for hydroxylation is 1. The maximum atomic E-state index is 13.3. The number of aromatic nitrogens is 3. The zero-order valence-electron chi connectivity index (χ0n) is 16.4. The number of rotatable bonds is 3. The Bertz CT molecular complexity index is 1290. The number of nitrogens with zero attached hydrogens (tertiary/aromatic N) is 3. The number of nitrogens with one attached hydrogen (secondary N) is 1. The summed E-state index contributed by atoms with van der Waals surface area (Å²) in [4.78, 5) is 22.8. The Morgan fingerprint density at radius 3 is 2.97 bits per heavy atom. The van der Waals surface area contributed by atoms with E-state index >= 15 is 0 Å². The summed E-state index contributed by atoms with van der Waals surface area (Å²) in [6, 6.07) is 11.7. The van der Waals surface area contributed by atoms with Crippen molar-refractivity contribution in [3.8, 4) is 11.3 Å². The van der Waals surface area contributed by atoms with Crippen LogP contribution in [0.1, 0.15) is 28.1 Å². The van der Waals surface area contributed by atoms with Gasteiger partial charge >= 0.3 is 0 Å². The summed E-state index contributed by atoms with van der Waals surface area (Å²) >= 11 is 3.48. The van der Waals surface area contributed by atoms with Crippen molar-refractivity contribution >= 4 is 38.4 Å². The maximum Gasteiger partial charge on any atom is 0.260 e. The number of carbonyl (C=O) groups is 1. The van der Waals surface area contributed by atoms with Crippen molar-refractivity contribution in [3.63, 3.8) is 0 Å². The van der Waals surface area contributed by atoms with Gasteiger partial charge in [-0.15, -0.1) is 0 Å². The lowest BCUT2D eigenvalue weighted by atomic mass is 9.98. The van der Waals surface area contributed by atoms with Crippen molar-refractivity contribution < 1.29 is 9.32 Å². The molecule has 1 N–H and O–H groups in total. The fourth-order valence-corrected chi connectivity index (χ4v) is 4.33.